The van der Waals surface area contributed by atoms with Crippen LogP contribution in [0.15, 0.2) is 36.4 Å². The van der Waals surface area contributed by atoms with Gasteiger partial charge in [0.1, 0.15) is 17.1 Å². The molecule has 1 N–H and O–H groups in total. The largest absolute Gasteiger partial charge is 0.496 e. The Bertz CT molecular complexity index is 720. The molecule has 0 aliphatic heterocycles. The lowest BCUT2D eigenvalue weighted by Crippen LogP contribution is -2.04. The molecule has 0 aromatic heterocycles. The number of carboxylic acids is 1. The number of methoxy groups -OCH3 is 1. The van der Waals surface area contributed by atoms with E-state index in [2.05, 4.69) is 0 Å². The molecule has 0 radical (unpaired) electrons. The lowest BCUT2D eigenvalue weighted by Gasteiger charge is -2.12. The quantitative estimate of drug-likeness (QED) is 0.931. The SMILES string of the molecule is COc1ccc(C#N)cc1-c1cccc(F)c1C(=O)O. The highest BCUT2D eigenvalue weighted by molar-refractivity contribution is 5.97. The minimum absolute atomic E-state index is 0.173. The maximum Gasteiger partial charge on any atom is 0.339 e. The highest BCUT2D eigenvalue weighted by Gasteiger charge is 2.19. The number of rotatable bonds is 3. The summed E-state index contributed by atoms with van der Waals surface area (Å²) in [5, 5.41) is 18.1. The average molecular weight is 271 g/mol. The fourth-order valence-corrected chi connectivity index (χ4v) is 1.95. The third-order valence-corrected chi connectivity index (χ3v) is 2.85. The van der Waals surface area contributed by atoms with Crippen molar-refractivity contribution in [1.29, 1.82) is 5.26 Å². The zero-order chi connectivity index (χ0) is 14.7. The molecule has 0 fully saturated rings. The van der Waals surface area contributed by atoms with Gasteiger partial charge in [-0.25, -0.2) is 9.18 Å². The predicted molar refractivity (Wildman–Crippen MR) is 70.1 cm³/mol. The molecule has 0 spiro atoms. The molecule has 2 rings (SSSR count). The van der Waals surface area contributed by atoms with E-state index in [4.69, 9.17) is 15.1 Å². The van der Waals surface area contributed by atoms with Gasteiger partial charge in [-0.3, -0.25) is 0 Å². The van der Waals surface area contributed by atoms with E-state index >= 15 is 0 Å². The van der Waals surface area contributed by atoms with Gasteiger partial charge in [-0.2, -0.15) is 5.26 Å². The van der Waals surface area contributed by atoms with E-state index in [9.17, 15) is 9.18 Å². The van der Waals surface area contributed by atoms with Crippen LogP contribution in [0.25, 0.3) is 11.1 Å². The number of ether oxygens (including phenoxy) is 1. The van der Waals surface area contributed by atoms with Crippen LogP contribution < -0.4 is 4.74 Å². The number of halogens is 1. The first-order chi connectivity index (χ1) is 9.58. The van der Waals surface area contributed by atoms with E-state index in [-0.39, 0.29) is 5.56 Å². The van der Waals surface area contributed by atoms with Crippen LogP contribution >= 0.6 is 0 Å². The number of hydrogen-bond acceptors (Lipinski definition) is 3. The summed E-state index contributed by atoms with van der Waals surface area (Å²) < 4.78 is 18.9. The molecule has 100 valence electrons. The second-order valence-electron chi connectivity index (χ2n) is 3.99. The summed E-state index contributed by atoms with van der Waals surface area (Å²) in [5.74, 6) is -1.83. The Balaban J connectivity index is 2.77. The third kappa shape index (κ3) is 2.31. The van der Waals surface area contributed by atoms with Crippen molar-refractivity contribution in [3.8, 4) is 22.9 Å². The standard InChI is InChI=1S/C15H10FNO3/c1-20-13-6-5-9(8-17)7-11(13)10-3-2-4-12(16)14(10)15(18)19/h2-7H,1H3,(H,18,19). The maximum atomic E-state index is 13.7. The summed E-state index contributed by atoms with van der Waals surface area (Å²) in [6, 6.07) is 10.5. The van der Waals surface area contributed by atoms with Crippen LogP contribution in [0.5, 0.6) is 5.75 Å². The molecule has 4 nitrogen and oxygen atoms in total. The molecule has 0 saturated carbocycles. The van der Waals surface area contributed by atoms with Crippen molar-refractivity contribution in [3.63, 3.8) is 0 Å². The molecular formula is C15H10FNO3. The second kappa shape index (κ2) is 5.41. The minimum Gasteiger partial charge on any atom is -0.496 e. The van der Waals surface area contributed by atoms with Crippen molar-refractivity contribution in [2.24, 2.45) is 0 Å². The molecule has 20 heavy (non-hydrogen) atoms. The van der Waals surface area contributed by atoms with Gasteiger partial charge in [-0.15, -0.1) is 0 Å². The molecule has 0 saturated heterocycles. The first kappa shape index (κ1) is 13.6. The van der Waals surface area contributed by atoms with Crippen molar-refractivity contribution >= 4 is 5.97 Å². The summed E-state index contributed by atoms with van der Waals surface area (Å²) >= 11 is 0. The van der Waals surface area contributed by atoms with Crippen LogP contribution in [0.1, 0.15) is 15.9 Å². The van der Waals surface area contributed by atoms with Gasteiger partial charge in [0.25, 0.3) is 0 Å². The van der Waals surface area contributed by atoms with Crippen molar-refractivity contribution in [3.05, 3.63) is 53.3 Å². The molecule has 0 aliphatic rings. The van der Waals surface area contributed by atoms with Crippen molar-refractivity contribution in [2.45, 2.75) is 0 Å². The Morgan fingerprint density at radius 3 is 2.65 bits per heavy atom. The molecule has 2 aromatic rings. The Labute approximate surface area is 114 Å². The monoisotopic (exact) mass is 271 g/mol. The van der Waals surface area contributed by atoms with Crippen LogP contribution in [0.2, 0.25) is 0 Å². The average Bonchev–Trinajstić information content (AvgIpc) is 2.45. The molecule has 0 bridgehead atoms. The van der Waals surface area contributed by atoms with Gasteiger partial charge in [-0.1, -0.05) is 12.1 Å². The maximum absolute atomic E-state index is 13.7. The first-order valence-corrected chi connectivity index (χ1v) is 5.68. The molecule has 0 unspecified atom stereocenters. The fraction of sp³-hybridized carbons (Fsp3) is 0.0667. The summed E-state index contributed by atoms with van der Waals surface area (Å²) in [6.45, 7) is 0. The number of aromatic carboxylic acids is 1. The van der Waals surface area contributed by atoms with Crippen molar-refractivity contribution < 1.29 is 19.0 Å². The van der Waals surface area contributed by atoms with Crippen LogP contribution in [0, 0.1) is 17.1 Å². The highest BCUT2D eigenvalue weighted by atomic mass is 19.1. The summed E-state index contributed by atoms with van der Waals surface area (Å²) in [4.78, 5) is 11.2. The summed E-state index contributed by atoms with van der Waals surface area (Å²) in [6.07, 6.45) is 0. The van der Waals surface area contributed by atoms with Gasteiger partial charge in [0, 0.05) is 11.1 Å². The van der Waals surface area contributed by atoms with Crippen LogP contribution in [-0.4, -0.2) is 18.2 Å². The van der Waals surface area contributed by atoms with Crippen LogP contribution in [0.4, 0.5) is 4.39 Å². The zero-order valence-electron chi connectivity index (χ0n) is 10.6. The molecule has 0 aliphatic carbocycles. The second-order valence-corrected chi connectivity index (χ2v) is 3.99. The molecule has 0 heterocycles. The molecule has 0 amide bonds. The molecular weight excluding hydrogens is 261 g/mol. The fourth-order valence-electron chi connectivity index (χ4n) is 1.95. The van der Waals surface area contributed by atoms with E-state index < -0.39 is 17.3 Å². The number of carboxylic acid groups (broad SMARTS) is 1. The molecule has 2 aromatic carbocycles. The Morgan fingerprint density at radius 2 is 2.05 bits per heavy atom. The number of carbonyl (C=O) groups is 1. The number of benzene rings is 2. The Morgan fingerprint density at radius 1 is 1.30 bits per heavy atom. The smallest absolute Gasteiger partial charge is 0.339 e. The highest BCUT2D eigenvalue weighted by Crippen LogP contribution is 2.34. The molecule has 5 heteroatoms. The van der Waals surface area contributed by atoms with Gasteiger partial charge in [0.15, 0.2) is 0 Å². The Kier molecular flexibility index (Phi) is 3.67. The van der Waals surface area contributed by atoms with Crippen LogP contribution in [0.3, 0.4) is 0 Å². The van der Waals surface area contributed by atoms with E-state index in [1.54, 1.807) is 12.1 Å². The van der Waals surface area contributed by atoms with E-state index in [0.717, 1.165) is 6.07 Å². The summed E-state index contributed by atoms with van der Waals surface area (Å²) in [5.41, 5.74) is 0.428. The minimum atomic E-state index is -1.37. The van der Waals surface area contributed by atoms with E-state index in [1.165, 1.54) is 25.3 Å². The number of nitrogens with zero attached hydrogens (tertiary/aromatic N) is 1. The predicted octanol–water partition coefficient (Wildman–Crippen LogP) is 3.07. The van der Waals surface area contributed by atoms with Gasteiger partial charge < -0.3 is 9.84 Å². The Hall–Kier alpha value is -2.87. The first-order valence-electron chi connectivity index (χ1n) is 5.68. The van der Waals surface area contributed by atoms with Crippen molar-refractivity contribution in [2.75, 3.05) is 7.11 Å². The van der Waals surface area contributed by atoms with Gasteiger partial charge >= 0.3 is 5.97 Å². The number of hydrogen-bond donors (Lipinski definition) is 1. The topological polar surface area (TPSA) is 70.3 Å². The third-order valence-electron chi connectivity index (χ3n) is 2.85. The van der Waals surface area contributed by atoms with E-state index in [1.807, 2.05) is 6.07 Å². The number of nitriles is 1. The van der Waals surface area contributed by atoms with Gasteiger partial charge in [0.2, 0.25) is 0 Å². The van der Waals surface area contributed by atoms with Gasteiger partial charge in [0.05, 0.1) is 18.7 Å². The normalized spacial score (nSPS) is 9.85. The van der Waals surface area contributed by atoms with Crippen molar-refractivity contribution in [1.82, 2.24) is 0 Å². The van der Waals surface area contributed by atoms with Gasteiger partial charge in [-0.05, 0) is 24.3 Å². The zero-order valence-corrected chi connectivity index (χ0v) is 10.6. The lowest BCUT2D eigenvalue weighted by molar-refractivity contribution is 0.0693. The van der Waals surface area contributed by atoms with E-state index in [0.29, 0.717) is 16.9 Å². The summed E-state index contributed by atoms with van der Waals surface area (Å²) in [7, 11) is 1.42. The lowest BCUT2D eigenvalue weighted by atomic mass is 9.97. The van der Waals surface area contributed by atoms with Crippen LogP contribution in [-0.2, 0) is 0 Å². The molecule has 0 atom stereocenters.